The first-order valence-electron chi connectivity index (χ1n) is 13.6. The number of rotatable bonds is 22. The number of hydrogen-bond acceptors (Lipinski definition) is 2. The molecule has 0 N–H and O–H groups in total. The summed E-state index contributed by atoms with van der Waals surface area (Å²) in [5.74, 6) is 1.06. The summed E-state index contributed by atoms with van der Waals surface area (Å²) in [6.45, 7) is 5.43. The van der Waals surface area contributed by atoms with Gasteiger partial charge in [0.05, 0.1) is 6.04 Å². The van der Waals surface area contributed by atoms with Crippen LogP contribution in [0.1, 0.15) is 155 Å². The minimum Gasteiger partial charge on any atom is -0.479 e. The number of ether oxygens (including phenoxy) is 1. The van der Waals surface area contributed by atoms with Crippen molar-refractivity contribution in [1.29, 1.82) is 0 Å². The van der Waals surface area contributed by atoms with Crippen LogP contribution in [0.5, 0.6) is 0 Å². The SMILES string of the molecule is CCCCCCCCCCCCC1=NC(CCCCCCCCCCCC)CO1. The number of unbranched alkanes of at least 4 members (excludes halogenated alkanes) is 18. The van der Waals surface area contributed by atoms with Crippen LogP contribution in [0.3, 0.4) is 0 Å². The molecule has 1 aliphatic rings. The molecule has 0 aromatic heterocycles. The first-order valence-corrected chi connectivity index (χ1v) is 13.6. The second-order valence-electron chi connectivity index (χ2n) is 9.39. The third kappa shape index (κ3) is 16.9. The molecule has 0 saturated heterocycles. The fraction of sp³-hybridized carbons (Fsp3) is 0.963. The average Bonchev–Trinajstić information content (AvgIpc) is 3.18. The summed E-state index contributed by atoms with van der Waals surface area (Å²) in [6, 6.07) is 0.460. The minimum absolute atomic E-state index is 0.460. The predicted molar refractivity (Wildman–Crippen MR) is 130 cm³/mol. The molecule has 172 valence electrons. The molecule has 1 aliphatic heterocycles. The summed E-state index contributed by atoms with van der Waals surface area (Å²) in [4.78, 5) is 4.83. The van der Waals surface area contributed by atoms with Gasteiger partial charge in [-0.1, -0.05) is 136 Å². The maximum atomic E-state index is 5.84. The molecule has 0 aliphatic carbocycles. The van der Waals surface area contributed by atoms with Crippen LogP contribution < -0.4 is 0 Å². The van der Waals surface area contributed by atoms with Gasteiger partial charge in [-0.2, -0.15) is 0 Å². The molecule has 0 fully saturated rings. The van der Waals surface area contributed by atoms with E-state index in [1.54, 1.807) is 0 Å². The van der Waals surface area contributed by atoms with Crippen molar-refractivity contribution in [1.82, 2.24) is 0 Å². The van der Waals surface area contributed by atoms with Gasteiger partial charge in [0, 0.05) is 6.42 Å². The summed E-state index contributed by atoms with van der Waals surface area (Å²) >= 11 is 0. The van der Waals surface area contributed by atoms with Crippen molar-refractivity contribution in [2.45, 2.75) is 161 Å². The van der Waals surface area contributed by atoms with E-state index in [-0.39, 0.29) is 0 Å². The molecule has 0 radical (unpaired) electrons. The van der Waals surface area contributed by atoms with Gasteiger partial charge >= 0.3 is 0 Å². The molecular formula is C27H53NO. The zero-order valence-corrected chi connectivity index (χ0v) is 20.2. The molecule has 1 heterocycles. The Morgan fingerprint density at radius 2 is 1.00 bits per heavy atom. The lowest BCUT2D eigenvalue weighted by Crippen LogP contribution is -2.05. The van der Waals surface area contributed by atoms with Crippen molar-refractivity contribution < 1.29 is 4.74 Å². The fourth-order valence-corrected chi connectivity index (χ4v) is 4.39. The molecule has 1 unspecified atom stereocenters. The first-order chi connectivity index (χ1) is 14.4. The van der Waals surface area contributed by atoms with Gasteiger partial charge in [-0.05, 0) is 12.8 Å². The molecule has 29 heavy (non-hydrogen) atoms. The van der Waals surface area contributed by atoms with Crippen LogP contribution in [0, 0.1) is 0 Å². The van der Waals surface area contributed by atoms with Gasteiger partial charge in [-0.15, -0.1) is 0 Å². The Labute approximate surface area is 183 Å². The molecule has 0 saturated carbocycles. The highest BCUT2D eigenvalue weighted by Crippen LogP contribution is 2.18. The molecule has 0 bridgehead atoms. The Morgan fingerprint density at radius 1 is 0.586 bits per heavy atom. The average molecular weight is 408 g/mol. The highest BCUT2D eigenvalue weighted by atomic mass is 16.5. The van der Waals surface area contributed by atoms with E-state index in [2.05, 4.69) is 13.8 Å². The van der Waals surface area contributed by atoms with E-state index in [0.717, 1.165) is 18.9 Å². The molecule has 1 atom stereocenters. The Bertz CT molecular complexity index is 366. The molecule has 0 aromatic carbocycles. The maximum absolute atomic E-state index is 5.84. The van der Waals surface area contributed by atoms with E-state index >= 15 is 0 Å². The van der Waals surface area contributed by atoms with Gasteiger partial charge in [0.15, 0.2) is 5.90 Å². The lowest BCUT2D eigenvalue weighted by molar-refractivity contribution is 0.301. The highest BCUT2D eigenvalue weighted by Gasteiger charge is 2.17. The second-order valence-corrected chi connectivity index (χ2v) is 9.39. The molecule has 0 spiro atoms. The maximum Gasteiger partial charge on any atom is 0.183 e. The van der Waals surface area contributed by atoms with E-state index in [0.29, 0.717) is 6.04 Å². The van der Waals surface area contributed by atoms with Crippen LogP contribution >= 0.6 is 0 Å². The van der Waals surface area contributed by atoms with Crippen LogP contribution in [0.4, 0.5) is 0 Å². The third-order valence-electron chi connectivity index (χ3n) is 6.40. The summed E-state index contributed by atoms with van der Waals surface area (Å²) in [5, 5.41) is 0. The third-order valence-corrected chi connectivity index (χ3v) is 6.40. The van der Waals surface area contributed by atoms with Gasteiger partial charge in [0.25, 0.3) is 0 Å². The highest BCUT2D eigenvalue weighted by molar-refractivity contribution is 5.77. The minimum atomic E-state index is 0.460. The van der Waals surface area contributed by atoms with Gasteiger partial charge < -0.3 is 4.74 Å². The smallest absolute Gasteiger partial charge is 0.183 e. The first kappa shape index (κ1) is 26.5. The van der Waals surface area contributed by atoms with Crippen LogP contribution in [-0.2, 0) is 4.74 Å². The summed E-state index contributed by atoms with van der Waals surface area (Å²) < 4.78 is 5.84. The van der Waals surface area contributed by atoms with Crippen molar-refractivity contribution in [2.24, 2.45) is 4.99 Å². The van der Waals surface area contributed by atoms with Crippen molar-refractivity contribution >= 4 is 5.90 Å². The van der Waals surface area contributed by atoms with Gasteiger partial charge in [-0.3, -0.25) is 0 Å². The van der Waals surface area contributed by atoms with Crippen LogP contribution in [0.15, 0.2) is 4.99 Å². The Balaban J connectivity index is 1.84. The Hall–Kier alpha value is -0.530. The normalized spacial score (nSPS) is 16.2. The van der Waals surface area contributed by atoms with Crippen LogP contribution in [-0.4, -0.2) is 18.5 Å². The quantitative estimate of drug-likeness (QED) is 0.164. The van der Waals surface area contributed by atoms with Crippen molar-refractivity contribution in [2.75, 3.05) is 6.61 Å². The van der Waals surface area contributed by atoms with Gasteiger partial charge in [0.2, 0.25) is 0 Å². The van der Waals surface area contributed by atoms with Crippen LogP contribution in [0.25, 0.3) is 0 Å². The van der Waals surface area contributed by atoms with E-state index in [1.165, 1.54) is 135 Å². The van der Waals surface area contributed by atoms with E-state index in [9.17, 15) is 0 Å². The lowest BCUT2D eigenvalue weighted by Gasteiger charge is -2.05. The largest absolute Gasteiger partial charge is 0.479 e. The summed E-state index contributed by atoms with van der Waals surface area (Å²) in [7, 11) is 0. The lowest BCUT2D eigenvalue weighted by atomic mass is 10.0. The number of nitrogens with zero attached hydrogens (tertiary/aromatic N) is 1. The van der Waals surface area contributed by atoms with Crippen LogP contribution in [0.2, 0.25) is 0 Å². The van der Waals surface area contributed by atoms with Crippen molar-refractivity contribution in [3.05, 3.63) is 0 Å². The van der Waals surface area contributed by atoms with E-state index in [4.69, 9.17) is 9.73 Å². The Morgan fingerprint density at radius 3 is 1.48 bits per heavy atom. The van der Waals surface area contributed by atoms with Crippen molar-refractivity contribution in [3.63, 3.8) is 0 Å². The molecule has 2 heteroatoms. The monoisotopic (exact) mass is 407 g/mol. The van der Waals surface area contributed by atoms with Crippen molar-refractivity contribution in [3.8, 4) is 0 Å². The topological polar surface area (TPSA) is 21.6 Å². The summed E-state index contributed by atoms with van der Waals surface area (Å²) in [5.41, 5.74) is 0. The fourth-order valence-electron chi connectivity index (χ4n) is 4.39. The van der Waals surface area contributed by atoms with E-state index in [1.807, 2.05) is 0 Å². The molecule has 0 aromatic rings. The molecule has 0 amide bonds. The summed E-state index contributed by atoms with van der Waals surface area (Å²) in [6.07, 6.45) is 30.4. The predicted octanol–water partition coefficient (Wildman–Crippen LogP) is 9.41. The standard InChI is InChI=1S/C27H53NO/c1-3-5-7-9-11-13-15-17-19-21-23-26-25-29-27(28-26)24-22-20-18-16-14-12-10-8-6-4-2/h26H,3-25H2,1-2H3. The molecule has 1 rings (SSSR count). The van der Waals surface area contributed by atoms with Gasteiger partial charge in [0.1, 0.15) is 6.61 Å². The zero-order chi connectivity index (χ0) is 20.8. The second kappa shape index (κ2) is 20.7. The van der Waals surface area contributed by atoms with Gasteiger partial charge in [-0.25, -0.2) is 4.99 Å². The molecular weight excluding hydrogens is 354 g/mol. The zero-order valence-electron chi connectivity index (χ0n) is 20.2. The number of hydrogen-bond donors (Lipinski definition) is 0. The number of aliphatic imine (C=N–C) groups is 1. The van der Waals surface area contributed by atoms with E-state index < -0.39 is 0 Å². The Kier molecular flexibility index (Phi) is 18.9. The molecule has 2 nitrogen and oxygen atoms in total.